The molecular formula is C9H18N2O3. The smallest absolute Gasteiger partial charge is 0.319 e. The number of nitrogens with one attached hydrogen (secondary N) is 1. The summed E-state index contributed by atoms with van der Waals surface area (Å²) in [7, 11) is 0. The average molecular weight is 202 g/mol. The molecule has 0 aromatic rings. The summed E-state index contributed by atoms with van der Waals surface area (Å²) in [6, 6.07) is 0. The van der Waals surface area contributed by atoms with Crippen molar-refractivity contribution >= 4 is 11.9 Å². The van der Waals surface area contributed by atoms with Crippen molar-refractivity contribution in [3.63, 3.8) is 0 Å². The maximum Gasteiger partial charge on any atom is 0.319 e. The number of rotatable bonds is 8. The third kappa shape index (κ3) is 8.99. The fraction of sp³-hybridized carbons (Fsp3) is 0.778. The molecule has 0 aliphatic carbocycles. The number of ether oxygens (including phenoxy) is 1. The summed E-state index contributed by atoms with van der Waals surface area (Å²) < 4.78 is 4.87. The molecular weight excluding hydrogens is 184 g/mol. The van der Waals surface area contributed by atoms with Gasteiger partial charge in [0.2, 0.25) is 5.91 Å². The van der Waals surface area contributed by atoms with E-state index in [1.807, 2.05) is 0 Å². The summed E-state index contributed by atoms with van der Waals surface area (Å²) in [6.45, 7) is 2.57. The Bertz CT molecular complexity index is 183. The zero-order chi connectivity index (χ0) is 10.8. The highest BCUT2D eigenvalue weighted by molar-refractivity contribution is 5.77. The number of amides is 1. The summed E-state index contributed by atoms with van der Waals surface area (Å²) in [4.78, 5) is 21.2. The minimum atomic E-state index is -0.483. The number of esters is 1. The second-order valence-corrected chi connectivity index (χ2v) is 3.00. The highest BCUT2D eigenvalue weighted by Gasteiger charge is 2.02. The summed E-state index contributed by atoms with van der Waals surface area (Å²) >= 11 is 0. The highest BCUT2D eigenvalue weighted by Crippen LogP contribution is 1.93. The van der Waals surface area contributed by atoms with Crippen LogP contribution in [-0.2, 0) is 14.3 Å². The SMILES string of the molecule is CCCCCOC(=O)CNCC(N)=O. The zero-order valence-electron chi connectivity index (χ0n) is 8.54. The number of hydrogen-bond donors (Lipinski definition) is 2. The van der Waals surface area contributed by atoms with Crippen molar-refractivity contribution in [3.05, 3.63) is 0 Å². The molecule has 1 amide bonds. The second-order valence-electron chi connectivity index (χ2n) is 3.00. The maximum atomic E-state index is 11.0. The lowest BCUT2D eigenvalue weighted by Gasteiger charge is -2.04. The maximum absolute atomic E-state index is 11.0. The molecule has 5 nitrogen and oxygen atoms in total. The van der Waals surface area contributed by atoms with E-state index in [9.17, 15) is 9.59 Å². The fourth-order valence-electron chi connectivity index (χ4n) is 0.877. The van der Waals surface area contributed by atoms with Gasteiger partial charge in [0, 0.05) is 0 Å². The molecule has 0 aliphatic heterocycles. The van der Waals surface area contributed by atoms with Gasteiger partial charge in [0.25, 0.3) is 0 Å². The molecule has 0 saturated heterocycles. The van der Waals surface area contributed by atoms with Gasteiger partial charge in [-0.3, -0.25) is 14.9 Å². The molecule has 0 saturated carbocycles. The molecule has 0 spiro atoms. The standard InChI is InChI=1S/C9H18N2O3/c1-2-3-4-5-14-9(13)7-11-6-8(10)12/h11H,2-7H2,1H3,(H2,10,12). The Morgan fingerprint density at radius 2 is 2.00 bits per heavy atom. The van der Waals surface area contributed by atoms with Crippen LogP contribution in [0.3, 0.4) is 0 Å². The van der Waals surface area contributed by atoms with Crippen LogP contribution in [0.1, 0.15) is 26.2 Å². The van der Waals surface area contributed by atoms with Crippen molar-refractivity contribution < 1.29 is 14.3 Å². The van der Waals surface area contributed by atoms with Crippen molar-refractivity contribution in [1.82, 2.24) is 5.32 Å². The summed E-state index contributed by atoms with van der Waals surface area (Å²) in [5.74, 6) is -0.828. The van der Waals surface area contributed by atoms with Gasteiger partial charge in [-0.15, -0.1) is 0 Å². The minimum Gasteiger partial charge on any atom is -0.465 e. The monoisotopic (exact) mass is 202 g/mol. The largest absolute Gasteiger partial charge is 0.465 e. The van der Waals surface area contributed by atoms with E-state index in [0.717, 1.165) is 19.3 Å². The predicted octanol–water partition coefficient (Wildman–Crippen LogP) is -0.205. The van der Waals surface area contributed by atoms with Crippen LogP contribution < -0.4 is 11.1 Å². The first-order valence-corrected chi connectivity index (χ1v) is 4.81. The summed E-state index contributed by atoms with van der Waals surface area (Å²) in [6.07, 6.45) is 3.04. The van der Waals surface area contributed by atoms with Gasteiger partial charge in [-0.05, 0) is 6.42 Å². The van der Waals surface area contributed by atoms with Crippen LogP contribution in [0.15, 0.2) is 0 Å². The fourth-order valence-corrected chi connectivity index (χ4v) is 0.877. The molecule has 0 aliphatic rings. The number of carbonyl (C=O) groups is 2. The Morgan fingerprint density at radius 1 is 1.29 bits per heavy atom. The van der Waals surface area contributed by atoms with E-state index in [2.05, 4.69) is 12.2 Å². The average Bonchev–Trinajstić information content (AvgIpc) is 2.12. The molecule has 0 atom stereocenters. The lowest BCUT2D eigenvalue weighted by Crippen LogP contribution is -2.33. The van der Waals surface area contributed by atoms with Gasteiger partial charge in [-0.1, -0.05) is 19.8 Å². The van der Waals surface area contributed by atoms with Crippen LogP contribution in [0.5, 0.6) is 0 Å². The van der Waals surface area contributed by atoms with Gasteiger partial charge in [-0.25, -0.2) is 0 Å². The number of nitrogens with two attached hydrogens (primary N) is 1. The number of primary amides is 1. The molecule has 0 radical (unpaired) electrons. The van der Waals surface area contributed by atoms with E-state index in [1.54, 1.807) is 0 Å². The van der Waals surface area contributed by atoms with Crippen LogP contribution in [-0.4, -0.2) is 31.6 Å². The van der Waals surface area contributed by atoms with E-state index in [0.29, 0.717) is 6.61 Å². The van der Waals surface area contributed by atoms with Crippen molar-refractivity contribution in [2.75, 3.05) is 19.7 Å². The summed E-state index contributed by atoms with van der Waals surface area (Å²) in [5.41, 5.74) is 4.86. The van der Waals surface area contributed by atoms with E-state index >= 15 is 0 Å². The van der Waals surface area contributed by atoms with Gasteiger partial charge in [-0.2, -0.15) is 0 Å². The highest BCUT2D eigenvalue weighted by atomic mass is 16.5. The van der Waals surface area contributed by atoms with Crippen LogP contribution >= 0.6 is 0 Å². The number of carbonyl (C=O) groups excluding carboxylic acids is 2. The van der Waals surface area contributed by atoms with Crippen LogP contribution in [0.25, 0.3) is 0 Å². The Labute approximate surface area is 84.0 Å². The Balaban J connectivity index is 3.24. The first-order valence-electron chi connectivity index (χ1n) is 4.81. The molecule has 0 bridgehead atoms. The molecule has 3 N–H and O–H groups in total. The van der Waals surface area contributed by atoms with Gasteiger partial charge >= 0.3 is 5.97 Å². The number of hydrogen-bond acceptors (Lipinski definition) is 4. The van der Waals surface area contributed by atoms with Crippen LogP contribution in [0.2, 0.25) is 0 Å². The van der Waals surface area contributed by atoms with Crippen molar-refractivity contribution in [2.45, 2.75) is 26.2 Å². The van der Waals surface area contributed by atoms with Crippen LogP contribution in [0.4, 0.5) is 0 Å². The molecule has 0 fully saturated rings. The first-order chi connectivity index (χ1) is 6.66. The lowest BCUT2D eigenvalue weighted by atomic mass is 10.3. The van der Waals surface area contributed by atoms with E-state index in [-0.39, 0.29) is 19.1 Å². The molecule has 0 unspecified atom stereocenters. The Morgan fingerprint density at radius 3 is 2.57 bits per heavy atom. The Hall–Kier alpha value is -1.10. The Kier molecular flexibility index (Phi) is 7.83. The topological polar surface area (TPSA) is 81.4 Å². The molecule has 82 valence electrons. The van der Waals surface area contributed by atoms with Crippen LogP contribution in [0, 0.1) is 0 Å². The molecule has 0 aromatic carbocycles. The molecule has 5 heteroatoms. The first kappa shape index (κ1) is 12.9. The predicted molar refractivity (Wildman–Crippen MR) is 52.5 cm³/mol. The molecule has 0 heterocycles. The zero-order valence-corrected chi connectivity index (χ0v) is 8.54. The summed E-state index contributed by atoms with van der Waals surface area (Å²) in [5, 5.41) is 2.58. The van der Waals surface area contributed by atoms with Gasteiger partial charge in [0.05, 0.1) is 19.7 Å². The third-order valence-electron chi connectivity index (χ3n) is 1.58. The molecule has 0 rings (SSSR count). The molecule has 14 heavy (non-hydrogen) atoms. The second kappa shape index (κ2) is 8.50. The van der Waals surface area contributed by atoms with E-state index < -0.39 is 5.91 Å². The normalized spacial score (nSPS) is 9.79. The van der Waals surface area contributed by atoms with Gasteiger partial charge in [0.15, 0.2) is 0 Å². The molecule has 0 aromatic heterocycles. The van der Waals surface area contributed by atoms with E-state index in [1.165, 1.54) is 0 Å². The quantitative estimate of drug-likeness (QED) is 0.421. The van der Waals surface area contributed by atoms with E-state index in [4.69, 9.17) is 10.5 Å². The lowest BCUT2D eigenvalue weighted by molar-refractivity contribution is -0.142. The minimum absolute atomic E-state index is 0.00403. The third-order valence-corrected chi connectivity index (χ3v) is 1.58. The van der Waals surface area contributed by atoms with Crippen molar-refractivity contribution in [3.8, 4) is 0 Å². The van der Waals surface area contributed by atoms with Gasteiger partial charge < -0.3 is 10.5 Å². The number of unbranched alkanes of at least 4 members (excludes halogenated alkanes) is 2. The van der Waals surface area contributed by atoms with Gasteiger partial charge in [0.1, 0.15) is 0 Å². The van der Waals surface area contributed by atoms with Crippen molar-refractivity contribution in [2.24, 2.45) is 5.73 Å². The van der Waals surface area contributed by atoms with Crippen molar-refractivity contribution in [1.29, 1.82) is 0 Å².